The highest BCUT2D eigenvalue weighted by atomic mass is 16.1. The smallest absolute Gasteiger partial charge is 0.177 e. The van der Waals surface area contributed by atoms with Crippen LogP contribution in [0, 0.1) is 20.8 Å². The zero-order valence-electron chi connectivity index (χ0n) is 12.3. The third kappa shape index (κ3) is 3.95. The molecule has 1 rings (SSSR count). The Morgan fingerprint density at radius 3 is 2.33 bits per heavy atom. The standard InChI is InChI=1S/C16H25NO/c1-6-7-8-17(5)11-16(18)15-10-13(3)12(2)9-14(15)4/h9-10H,6-8,11H2,1-5H3. The highest BCUT2D eigenvalue weighted by Gasteiger charge is 2.12. The first-order chi connectivity index (χ1) is 8.45. The minimum Gasteiger partial charge on any atom is -0.299 e. The van der Waals surface area contributed by atoms with E-state index in [4.69, 9.17) is 0 Å². The number of nitrogens with zero attached hydrogens (tertiary/aromatic N) is 1. The van der Waals surface area contributed by atoms with E-state index in [9.17, 15) is 4.79 Å². The van der Waals surface area contributed by atoms with E-state index in [2.05, 4.69) is 31.7 Å². The Balaban J connectivity index is 2.75. The molecule has 2 heteroatoms. The molecule has 0 unspecified atom stereocenters. The Bertz CT molecular complexity index is 423. The van der Waals surface area contributed by atoms with Gasteiger partial charge in [0.2, 0.25) is 0 Å². The molecule has 1 aromatic rings. The van der Waals surface area contributed by atoms with Gasteiger partial charge in [0, 0.05) is 5.56 Å². The van der Waals surface area contributed by atoms with Crippen molar-refractivity contribution in [3.8, 4) is 0 Å². The monoisotopic (exact) mass is 247 g/mol. The van der Waals surface area contributed by atoms with Gasteiger partial charge >= 0.3 is 0 Å². The number of hydrogen-bond donors (Lipinski definition) is 0. The van der Waals surface area contributed by atoms with Gasteiger partial charge in [-0.3, -0.25) is 9.69 Å². The average Bonchev–Trinajstić information content (AvgIpc) is 2.31. The van der Waals surface area contributed by atoms with Crippen molar-refractivity contribution < 1.29 is 4.79 Å². The van der Waals surface area contributed by atoms with Crippen LogP contribution in [0.4, 0.5) is 0 Å². The number of likely N-dealkylation sites (N-methyl/N-ethyl adjacent to an activating group) is 1. The fraction of sp³-hybridized carbons (Fsp3) is 0.562. The van der Waals surface area contributed by atoms with Gasteiger partial charge in [-0.1, -0.05) is 19.4 Å². The summed E-state index contributed by atoms with van der Waals surface area (Å²) in [6, 6.07) is 4.13. The van der Waals surface area contributed by atoms with Crippen LogP contribution in [0.25, 0.3) is 0 Å². The van der Waals surface area contributed by atoms with Crippen molar-refractivity contribution in [2.45, 2.75) is 40.5 Å². The summed E-state index contributed by atoms with van der Waals surface area (Å²) in [5.74, 6) is 0.231. The van der Waals surface area contributed by atoms with E-state index in [0.29, 0.717) is 6.54 Å². The number of carbonyl (C=O) groups is 1. The topological polar surface area (TPSA) is 20.3 Å². The second-order valence-corrected chi connectivity index (χ2v) is 5.27. The summed E-state index contributed by atoms with van der Waals surface area (Å²) in [4.78, 5) is 14.4. The van der Waals surface area contributed by atoms with Crippen LogP contribution in [-0.2, 0) is 0 Å². The number of unbranched alkanes of at least 4 members (excludes halogenated alkanes) is 1. The summed E-state index contributed by atoms with van der Waals surface area (Å²) < 4.78 is 0. The number of aryl methyl sites for hydroxylation is 3. The quantitative estimate of drug-likeness (QED) is 0.717. The van der Waals surface area contributed by atoms with Crippen LogP contribution in [0.5, 0.6) is 0 Å². The molecule has 0 bridgehead atoms. The second kappa shape index (κ2) is 6.69. The minimum atomic E-state index is 0.231. The maximum Gasteiger partial charge on any atom is 0.177 e. The van der Waals surface area contributed by atoms with Crippen LogP contribution in [0.1, 0.15) is 46.8 Å². The third-order valence-electron chi connectivity index (χ3n) is 3.45. The molecular formula is C16H25NO. The van der Waals surface area contributed by atoms with Crippen molar-refractivity contribution in [2.75, 3.05) is 20.1 Å². The molecule has 0 saturated carbocycles. The average molecular weight is 247 g/mol. The van der Waals surface area contributed by atoms with Crippen molar-refractivity contribution in [1.29, 1.82) is 0 Å². The summed E-state index contributed by atoms with van der Waals surface area (Å²) >= 11 is 0. The molecule has 0 aromatic heterocycles. The van der Waals surface area contributed by atoms with Gasteiger partial charge in [-0.05, 0) is 63.5 Å². The van der Waals surface area contributed by atoms with Gasteiger partial charge in [-0.2, -0.15) is 0 Å². The van der Waals surface area contributed by atoms with Gasteiger partial charge in [0.05, 0.1) is 6.54 Å². The molecule has 0 aliphatic heterocycles. The molecule has 0 aliphatic carbocycles. The van der Waals surface area contributed by atoms with Crippen LogP contribution >= 0.6 is 0 Å². The van der Waals surface area contributed by atoms with Gasteiger partial charge in [-0.25, -0.2) is 0 Å². The number of rotatable bonds is 6. The first-order valence-corrected chi connectivity index (χ1v) is 6.75. The third-order valence-corrected chi connectivity index (χ3v) is 3.45. The van der Waals surface area contributed by atoms with E-state index in [1.165, 1.54) is 17.5 Å². The van der Waals surface area contributed by atoms with E-state index in [1.807, 2.05) is 20.0 Å². The van der Waals surface area contributed by atoms with Gasteiger partial charge in [0.25, 0.3) is 0 Å². The Kier molecular flexibility index (Phi) is 5.54. The van der Waals surface area contributed by atoms with Crippen molar-refractivity contribution in [3.05, 3.63) is 34.4 Å². The van der Waals surface area contributed by atoms with Crippen LogP contribution in [-0.4, -0.2) is 30.8 Å². The second-order valence-electron chi connectivity index (χ2n) is 5.27. The first kappa shape index (κ1) is 14.9. The highest BCUT2D eigenvalue weighted by molar-refractivity contribution is 5.99. The van der Waals surface area contributed by atoms with E-state index in [0.717, 1.165) is 24.1 Å². The zero-order valence-corrected chi connectivity index (χ0v) is 12.3. The Morgan fingerprint density at radius 2 is 1.72 bits per heavy atom. The van der Waals surface area contributed by atoms with Crippen LogP contribution in [0.15, 0.2) is 12.1 Å². The lowest BCUT2D eigenvalue weighted by Crippen LogP contribution is -2.27. The van der Waals surface area contributed by atoms with Crippen molar-refractivity contribution in [3.63, 3.8) is 0 Å². The molecule has 0 spiro atoms. The molecular weight excluding hydrogens is 222 g/mol. The molecule has 0 amide bonds. The Labute approximate surface area is 111 Å². The summed E-state index contributed by atoms with van der Waals surface area (Å²) in [7, 11) is 2.02. The molecule has 0 radical (unpaired) electrons. The molecule has 0 heterocycles. The fourth-order valence-corrected chi connectivity index (χ4v) is 2.10. The van der Waals surface area contributed by atoms with Gasteiger partial charge < -0.3 is 0 Å². The van der Waals surface area contributed by atoms with Gasteiger partial charge in [0.15, 0.2) is 5.78 Å². The van der Waals surface area contributed by atoms with E-state index in [-0.39, 0.29) is 5.78 Å². The van der Waals surface area contributed by atoms with Crippen molar-refractivity contribution >= 4 is 5.78 Å². The SMILES string of the molecule is CCCCN(C)CC(=O)c1cc(C)c(C)cc1C. The predicted molar refractivity (Wildman–Crippen MR) is 77.4 cm³/mol. The van der Waals surface area contributed by atoms with Crippen LogP contribution in [0.2, 0.25) is 0 Å². The molecule has 0 N–H and O–H groups in total. The zero-order chi connectivity index (χ0) is 13.7. The molecule has 0 aliphatic rings. The fourth-order valence-electron chi connectivity index (χ4n) is 2.10. The van der Waals surface area contributed by atoms with E-state index < -0.39 is 0 Å². The molecule has 0 saturated heterocycles. The van der Waals surface area contributed by atoms with E-state index >= 15 is 0 Å². The summed E-state index contributed by atoms with van der Waals surface area (Å²) in [5.41, 5.74) is 4.41. The largest absolute Gasteiger partial charge is 0.299 e. The maximum absolute atomic E-state index is 12.3. The lowest BCUT2D eigenvalue weighted by atomic mass is 9.98. The lowest BCUT2D eigenvalue weighted by molar-refractivity contribution is 0.0945. The van der Waals surface area contributed by atoms with Crippen LogP contribution in [0.3, 0.4) is 0 Å². The Hall–Kier alpha value is -1.15. The van der Waals surface area contributed by atoms with E-state index in [1.54, 1.807) is 0 Å². The van der Waals surface area contributed by atoms with Crippen molar-refractivity contribution in [1.82, 2.24) is 4.90 Å². The summed E-state index contributed by atoms with van der Waals surface area (Å²) in [6.45, 7) is 9.85. The van der Waals surface area contributed by atoms with Gasteiger partial charge in [-0.15, -0.1) is 0 Å². The highest BCUT2D eigenvalue weighted by Crippen LogP contribution is 2.16. The molecule has 0 fully saturated rings. The molecule has 18 heavy (non-hydrogen) atoms. The molecule has 100 valence electrons. The number of hydrogen-bond acceptors (Lipinski definition) is 2. The molecule has 0 atom stereocenters. The predicted octanol–water partition coefficient (Wildman–Crippen LogP) is 3.53. The van der Waals surface area contributed by atoms with Crippen LogP contribution < -0.4 is 0 Å². The summed E-state index contributed by atoms with van der Waals surface area (Å²) in [6.07, 6.45) is 2.32. The first-order valence-electron chi connectivity index (χ1n) is 6.75. The molecule has 2 nitrogen and oxygen atoms in total. The minimum absolute atomic E-state index is 0.231. The summed E-state index contributed by atoms with van der Waals surface area (Å²) in [5, 5.41) is 0. The van der Waals surface area contributed by atoms with Crippen molar-refractivity contribution in [2.24, 2.45) is 0 Å². The number of benzene rings is 1. The molecule has 1 aromatic carbocycles. The Morgan fingerprint density at radius 1 is 1.11 bits per heavy atom. The van der Waals surface area contributed by atoms with Gasteiger partial charge in [0.1, 0.15) is 0 Å². The maximum atomic E-state index is 12.3. The number of ketones is 1. The number of carbonyl (C=O) groups excluding carboxylic acids is 1. The normalized spacial score (nSPS) is 11.0. The lowest BCUT2D eigenvalue weighted by Gasteiger charge is -2.16. The number of Topliss-reactive ketones (excluding diaryl/α,β-unsaturated/α-hetero) is 1.